The molecular weight excluding hydrogens is 320 g/mol. The van der Waals surface area contributed by atoms with Crippen LogP contribution in [0, 0.1) is 0 Å². The van der Waals surface area contributed by atoms with Crippen molar-refractivity contribution in [3.63, 3.8) is 0 Å². The first-order valence-corrected chi connectivity index (χ1v) is 8.74. The number of nitrogens with one attached hydrogen (secondary N) is 2. The van der Waals surface area contributed by atoms with Gasteiger partial charge in [0, 0.05) is 17.3 Å². The Hall–Kier alpha value is -1.67. The van der Waals surface area contributed by atoms with Gasteiger partial charge in [-0.3, -0.25) is 10.1 Å². The number of carbonyl (C=O) groups is 2. The van der Waals surface area contributed by atoms with E-state index in [2.05, 4.69) is 20.6 Å². The summed E-state index contributed by atoms with van der Waals surface area (Å²) in [5.74, 6) is -0.331. The topological polar surface area (TPSA) is 84.0 Å². The standard InChI is InChI=1S/C14H16N4O2S2/c1-7(11(19)18-14(20)15-2)21-12-10-8-4-3-5-9(8)22-13(10)17-6-16-12/h6-7H,3-5H2,1-2H3,(H2,15,18,19,20)/t7-/m0/s1. The highest BCUT2D eigenvalue weighted by Crippen LogP contribution is 2.40. The maximum Gasteiger partial charge on any atom is 0.321 e. The summed E-state index contributed by atoms with van der Waals surface area (Å²) in [5, 5.41) is 6.16. The number of aryl methyl sites for hydroxylation is 2. The number of imide groups is 1. The average Bonchev–Trinajstić information content (AvgIpc) is 3.07. The van der Waals surface area contributed by atoms with Gasteiger partial charge in [0.05, 0.1) is 5.25 Å². The summed E-state index contributed by atoms with van der Waals surface area (Å²) >= 11 is 3.09. The van der Waals surface area contributed by atoms with E-state index in [1.165, 1.54) is 35.7 Å². The third-order valence-electron chi connectivity index (χ3n) is 3.59. The van der Waals surface area contributed by atoms with Gasteiger partial charge in [0.1, 0.15) is 16.2 Å². The van der Waals surface area contributed by atoms with Crippen LogP contribution in [-0.2, 0) is 17.6 Å². The van der Waals surface area contributed by atoms with Crippen molar-refractivity contribution < 1.29 is 9.59 Å². The first-order chi connectivity index (χ1) is 10.6. The molecule has 1 aliphatic rings. The Morgan fingerprint density at radius 1 is 1.36 bits per heavy atom. The molecule has 8 heteroatoms. The van der Waals surface area contributed by atoms with E-state index < -0.39 is 11.3 Å². The Morgan fingerprint density at radius 2 is 2.18 bits per heavy atom. The zero-order chi connectivity index (χ0) is 15.7. The van der Waals surface area contributed by atoms with Crippen LogP contribution in [0.3, 0.4) is 0 Å². The third-order valence-corrected chi connectivity index (χ3v) is 5.89. The van der Waals surface area contributed by atoms with Crippen molar-refractivity contribution in [2.24, 2.45) is 0 Å². The third kappa shape index (κ3) is 2.80. The van der Waals surface area contributed by atoms with Gasteiger partial charge < -0.3 is 5.32 Å². The lowest BCUT2D eigenvalue weighted by atomic mass is 10.2. The molecule has 22 heavy (non-hydrogen) atoms. The summed E-state index contributed by atoms with van der Waals surface area (Å²) in [5.41, 5.74) is 1.34. The smallest absolute Gasteiger partial charge is 0.321 e. The number of thiophene rings is 1. The van der Waals surface area contributed by atoms with E-state index in [-0.39, 0.29) is 5.91 Å². The van der Waals surface area contributed by atoms with Crippen LogP contribution in [0.2, 0.25) is 0 Å². The van der Waals surface area contributed by atoms with E-state index in [0.29, 0.717) is 0 Å². The van der Waals surface area contributed by atoms with E-state index in [1.807, 2.05) is 0 Å². The second-order valence-corrected chi connectivity index (χ2v) is 7.46. The molecule has 0 saturated heterocycles. The maximum absolute atomic E-state index is 12.0. The zero-order valence-electron chi connectivity index (χ0n) is 12.3. The quantitative estimate of drug-likeness (QED) is 0.662. The van der Waals surface area contributed by atoms with Crippen LogP contribution in [0.5, 0.6) is 0 Å². The summed E-state index contributed by atoms with van der Waals surface area (Å²) in [6, 6.07) is -0.498. The summed E-state index contributed by atoms with van der Waals surface area (Å²) in [4.78, 5) is 34.3. The summed E-state index contributed by atoms with van der Waals surface area (Å²) < 4.78 is 0. The first-order valence-electron chi connectivity index (χ1n) is 7.04. The van der Waals surface area contributed by atoms with Crippen LogP contribution < -0.4 is 10.6 Å². The number of thioether (sulfide) groups is 1. The fourth-order valence-corrected chi connectivity index (χ4v) is 4.73. The van der Waals surface area contributed by atoms with Gasteiger partial charge in [-0.2, -0.15) is 0 Å². The number of urea groups is 1. The average molecular weight is 336 g/mol. The van der Waals surface area contributed by atoms with Crippen molar-refractivity contribution in [3.05, 3.63) is 16.8 Å². The van der Waals surface area contributed by atoms with Crippen molar-refractivity contribution >= 4 is 45.3 Å². The van der Waals surface area contributed by atoms with Crippen molar-refractivity contribution in [2.75, 3.05) is 7.05 Å². The van der Waals surface area contributed by atoms with Crippen LogP contribution in [0.1, 0.15) is 23.8 Å². The van der Waals surface area contributed by atoms with Crippen LogP contribution in [0.15, 0.2) is 11.4 Å². The molecular formula is C14H16N4O2S2. The SMILES string of the molecule is CNC(=O)NC(=O)[C@H](C)Sc1ncnc2sc3c(c12)CCC3. The lowest BCUT2D eigenvalue weighted by molar-refractivity contribution is -0.119. The van der Waals surface area contributed by atoms with Gasteiger partial charge in [0.2, 0.25) is 5.91 Å². The van der Waals surface area contributed by atoms with Gasteiger partial charge in [-0.25, -0.2) is 14.8 Å². The van der Waals surface area contributed by atoms with Gasteiger partial charge in [-0.05, 0) is 31.7 Å². The fraction of sp³-hybridized carbons (Fsp3) is 0.429. The molecule has 0 bridgehead atoms. The van der Waals surface area contributed by atoms with Gasteiger partial charge in [0.15, 0.2) is 0 Å². The maximum atomic E-state index is 12.0. The Morgan fingerprint density at radius 3 is 2.95 bits per heavy atom. The van der Waals surface area contributed by atoms with Gasteiger partial charge in [0.25, 0.3) is 0 Å². The second-order valence-electron chi connectivity index (χ2n) is 5.04. The number of amides is 3. The molecule has 2 N–H and O–H groups in total. The van der Waals surface area contributed by atoms with E-state index in [0.717, 1.165) is 28.1 Å². The van der Waals surface area contributed by atoms with E-state index in [1.54, 1.807) is 24.6 Å². The number of rotatable bonds is 3. The number of carbonyl (C=O) groups excluding carboxylic acids is 2. The minimum absolute atomic E-state index is 0.331. The molecule has 0 aliphatic heterocycles. The molecule has 3 rings (SSSR count). The summed E-state index contributed by atoms with van der Waals surface area (Å²) in [6.45, 7) is 1.77. The Bertz CT molecular complexity index is 744. The largest absolute Gasteiger partial charge is 0.341 e. The molecule has 0 saturated carbocycles. The Balaban J connectivity index is 1.85. The lowest BCUT2D eigenvalue weighted by Crippen LogP contribution is -2.41. The van der Waals surface area contributed by atoms with Crippen LogP contribution in [-0.4, -0.2) is 34.2 Å². The molecule has 0 unspecified atom stereocenters. The molecule has 6 nitrogen and oxygen atoms in total. The van der Waals surface area contributed by atoms with Crippen LogP contribution >= 0.6 is 23.1 Å². The van der Waals surface area contributed by atoms with Gasteiger partial charge in [-0.15, -0.1) is 11.3 Å². The minimum Gasteiger partial charge on any atom is -0.341 e. The van der Waals surface area contributed by atoms with E-state index in [9.17, 15) is 9.59 Å². The predicted molar refractivity (Wildman–Crippen MR) is 87.4 cm³/mol. The molecule has 0 radical (unpaired) electrons. The molecule has 0 aromatic carbocycles. The number of hydrogen-bond acceptors (Lipinski definition) is 6. The molecule has 2 aromatic rings. The first kappa shape index (κ1) is 15.2. The van der Waals surface area contributed by atoms with Crippen molar-refractivity contribution in [1.29, 1.82) is 0 Å². The van der Waals surface area contributed by atoms with Crippen molar-refractivity contribution in [3.8, 4) is 0 Å². The number of fused-ring (bicyclic) bond motifs is 3. The monoisotopic (exact) mass is 336 g/mol. The van der Waals surface area contributed by atoms with Crippen molar-refractivity contribution in [1.82, 2.24) is 20.6 Å². The molecule has 2 aromatic heterocycles. The predicted octanol–water partition coefficient (Wildman–Crippen LogP) is 2.12. The summed E-state index contributed by atoms with van der Waals surface area (Å²) in [7, 11) is 1.48. The van der Waals surface area contributed by atoms with E-state index >= 15 is 0 Å². The van der Waals surface area contributed by atoms with Crippen LogP contribution in [0.4, 0.5) is 4.79 Å². The van der Waals surface area contributed by atoms with Crippen molar-refractivity contribution in [2.45, 2.75) is 36.5 Å². The Labute approximate surface area is 136 Å². The highest BCUT2D eigenvalue weighted by atomic mass is 32.2. The number of hydrogen-bond donors (Lipinski definition) is 2. The normalized spacial score (nSPS) is 14.6. The zero-order valence-corrected chi connectivity index (χ0v) is 13.9. The molecule has 1 aliphatic carbocycles. The molecule has 0 fully saturated rings. The molecule has 0 spiro atoms. The Kier molecular flexibility index (Phi) is 4.30. The number of nitrogens with zero attached hydrogens (tertiary/aromatic N) is 2. The summed E-state index contributed by atoms with van der Waals surface area (Å²) in [6.07, 6.45) is 4.87. The molecule has 116 valence electrons. The lowest BCUT2D eigenvalue weighted by Gasteiger charge is -2.11. The van der Waals surface area contributed by atoms with Gasteiger partial charge >= 0.3 is 6.03 Å². The number of aromatic nitrogens is 2. The molecule has 2 heterocycles. The fourth-order valence-electron chi connectivity index (χ4n) is 2.49. The van der Waals surface area contributed by atoms with Gasteiger partial charge in [-0.1, -0.05) is 11.8 Å². The molecule has 1 atom stereocenters. The van der Waals surface area contributed by atoms with Crippen LogP contribution in [0.25, 0.3) is 10.2 Å². The highest BCUT2D eigenvalue weighted by molar-refractivity contribution is 8.00. The van der Waals surface area contributed by atoms with E-state index in [4.69, 9.17) is 0 Å². The highest BCUT2D eigenvalue weighted by Gasteiger charge is 2.24. The molecule has 3 amide bonds. The minimum atomic E-state index is -0.498. The second kappa shape index (κ2) is 6.21.